The van der Waals surface area contributed by atoms with Crippen molar-refractivity contribution in [2.24, 2.45) is 0 Å². The Bertz CT molecular complexity index is 1420. The van der Waals surface area contributed by atoms with Crippen molar-refractivity contribution in [2.75, 3.05) is 0 Å². The Morgan fingerprint density at radius 1 is 1.10 bits per heavy atom. The van der Waals surface area contributed by atoms with Crippen molar-refractivity contribution in [3.63, 3.8) is 0 Å². The van der Waals surface area contributed by atoms with Crippen molar-refractivity contribution < 1.29 is 18.7 Å². The number of pyridine rings is 1. The number of benzene rings is 2. The first-order valence-electron chi connectivity index (χ1n) is 8.76. The zero-order valence-corrected chi connectivity index (χ0v) is 15.1. The molecule has 0 aliphatic rings. The smallest absolute Gasteiger partial charge is 0.336 e. The largest absolute Gasteiger partial charge is 0.478 e. The monoisotopic (exact) mass is 388 g/mol. The lowest BCUT2D eigenvalue weighted by Crippen LogP contribution is -2.01. The Morgan fingerprint density at radius 2 is 1.93 bits per heavy atom. The van der Waals surface area contributed by atoms with E-state index in [1.54, 1.807) is 37.3 Å². The Balaban J connectivity index is 1.80. The molecule has 0 aliphatic carbocycles. The topological polar surface area (TPSA) is 94.0 Å². The minimum absolute atomic E-state index is 0.0579. The first-order valence-corrected chi connectivity index (χ1v) is 8.76. The summed E-state index contributed by atoms with van der Waals surface area (Å²) < 4.78 is 18.9. The minimum Gasteiger partial charge on any atom is -0.478 e. The van der Waals surface area contributed by atoms with Crippen LogP contribution in [-0.4, -0.2) is 31.1 Å². The van der Waals surface area contributed by atoms with Crippen molar-refractivity contribution in [1.82, 2.24) is 20.0 Å². The average molecular weight is 388 g/mol. The van der Waals surface area contributed by atoms with Crippen molar-refractivity contribution in [2.45, 2.75) is 6.92 Å². The number of hydrogen-bond donors (Lipinski definition) is 1. The molecule has 7 nitrogen and oxygen atoms in total. The lowest BCUT2D eigenvalue weighted by Gasteiger charge is -2.06. The van der Waals surface area contributed by atoms with Gasteiger partial charge in [-0.1, -0.05) is 6.07 Å². The molecule has 2 aromatic carbocycles. The van der Waals surface area contributed by atoms with E-state index < -0.39 is 11.8 Å². The molecule has 0 radical (unpaired) electrons. The molecule has 8 heteroatoms. The predicted molar refractivity (Wildman–Crippen MR) is 104 cm³/mol. The zero-order valence-electron chi connectivity index (χ0n) is 15.1. The van der Waals surface area contributed by atoms with Crippen molar-refractivity contribution >= 4 is 27.9 Å². The maximum Gasteiger partial charge on any atom is 0.336 e. The Labute approximate surface area is 163 Å². The van der Waals surface area contributed by atoms with Crippen LogP contribution < -0.4 is 0 Å². The SMILES string of the molecule is Cc1occc1-c1cc(C(=O)O)c2c(ccc3nn(-c4cccc(F)c4)nc32)n1. The number of rotatable bonds is 3. The summed E-state index contributed by atoms with van der Waals surface area (Å²) in [6.07, 6.45) is 1.53. The molecular formula is C21H13FN4O3. The zero-order chi connectivity index (χ0) is 20.1. The van der Waals surface area contributed by atoms with Gasteiger partial charge in [0.2, 0.25) is 0 Å². The first kappa shape index (κ1) is 17.1. The first-order chi connectivity index (χ1) is 14.0. The van der Waals surface area contributed by atoms with E-state index in [0.29, 0.717) is 39.1 Å². The second kappa shape index (κ2) is 6.23. The van der Waals surface area contributed by atoms with Crippen LogP contribution in [0, 0.1) is 12.7 Å². The van der Waals surface area contributed by atoms with Crippen LogP contribution in [0.5, 0.6) is 0 Å². The molecule has 0 saturated heterocycles. The van der Waals surface area contributed by atoms with Crippen LogP contribution in [0.2, 0.25) is 0 Å². The normalized spacial score (nSPS) is 11.4. The van der Waals surface area contributed by atoms with Gasteiger partial charge in [-0.2, -0.15) is 4.80 Å². The molecule has 0 amide bonds. The Hall–Kier alpha value is -4.07. The number of furan rings is 1. The molecule has 0 spiro atoms. The lowest BCUT2D eigenvalue weighted by atomic mass is 10.0. The molecule has 3 heterocycles. The van der Waals surface area contributed by atoms with Gasteiger partial charge in [-0.3, -0.25) is 0 Å². The van der Waals surface area contributed by atoms with E-state index in [4.69, 9.17) is 4.42 Å². The molecule has 5 aromatic rings. The number of halogens is 1. The summed E-state index contributed by atoms with van der Waals surface area (Å²) in [6, 6.07) is 12.5. The fourth-order valence-electron chi connectivity index (χ4n) is 3.37. The third-order valence-electron chi connectivity index (χ3n) is 4.73. The van der Waals surface area contributed by atoms with Crippen LogP contribution in [-0.2, 0) is 0 Å². The molecule has 0 atom stereocenters. The number of carboxylic acids is 1. The van der Waals surface area contributed by atoms with E-state index in [2.05, 4.69) is 15.2 Å². The van der Waals surface area contributed by atoms with E-state index >= 15 is 0 Å². The molecule has 142 valence electrons. The fourth-order valence-corrected chi connectivity index (χ4v) is 3.37. The molecule has 0 bridgehead atoms. The van der Waals surface area contributed by atoms with Crippen molar-refractivity contribution in [3.8, 4) is 16.9 Å². The second-order valence-electron chi connectivity index (χ2n) is 6.55. The molecule has 0 fully saturated rings. The molecule has 0 saturated carbocycles. The molecule has 3 aromatic heterocycles. The van der Waals surface area contributed by atoms with E-state index in [-0.39, 0.29) is 5.56 Å². The second-order valence-corrected chi connectivity index (χ2v) is 6.55. The molecule has 0 unspecified atom stereocenters. The molecule has 1 N–H and O–H groups in total. The highest BCUT2D eigenvalue weighted by atomic mass is 19.1. The standard InChI is InChI=1S/C21H13FN4O3/c1-11-14(7-8-29-11)18-10-15(21(27)28)19-16(23-18)5-6-17-20(19)25-26(24-17)13-4-2-3-12(22)9-13/h2-10H,1H3,(H,27,28). The lowest BCUT2D eigenvalue weighted by molar-refractivity contribution is 0.0699. The van der Waals surface area contributed by atoms with Gasteiger partial charge in [0.15, 0.2) is 0 Å². The predicted octanol–water partition coefficient (Wildman–Crippen LogP) is 4.37. The molecule has 0 aliphatic heterocycles. The summed E-state index contributed by atoms with van der Waals surface area (Å²) in [5.74, 6) is -0.874. The van der Waals surface area contributed by atoms with E-state index in [9.17, 15) is 14.3 Å². The number of aromatic carboxylic acids is 1. The maximum atomic E-state index is 13.6. The van der Waals surface area contributed by atoms with Gasteiger partial charge < -0.3 is 9.52 Å². The third kappa shape index (κ3) is 2.73. The van der Waals surface area contributed by atoms with Crippen LogP contribution in [0.15, 0.2) is 59.2 Å². The highest BCUT2D eigenvalue weighted by Crippen LogP contribution is 2.31. The van der Waals surface area contributed by atoms with E-state index in [1.807, 2.05) is 0 Å². The number of aromatic nitrogens is 4. The number of hydrogen-bond acceptors (Lipinski definition) is 5. The van der Waals surface area contributed by atoms with Gasteiger partial charge in [-0.15, -0.1) is 10.2 Å². The summed E-state index contributed by atoms with van der Waals surface area (Å²) in [5, 5.41) is 19.0. The van der Waals surface area contributed by atoms with Gasteiger partial charge in [-0.25, -0.2) is 14.2 Å². The fraction of sp³-hybridized carbons (Fsp3) is 0.0476. The van der Waals surface area contributed by atoms with Crippen LogP contribution in [0.1, 0.15) is 16.1 Å². The highest BCUT2D eigenvalue weighted by molar-refractivity contribution is 6.13. The van der Waals surface area contributed by atoms with Gasteiger partial charge in [0.1, 0.15) is 22.6 Å². The van der Waals surface area contributed by atoms with E-state index in [1.165, 1.54) is 29.3 Å². The average Bonchev–Trinajstić information content (AvgIpc) is 3.33. The third-order valence-corrected chi connectivity index (χ3v) is 4.73. The van der Waals surface area contributed by atoms with Gasteiger partial charge in [0.25, 0.3) is 0 Å². The van der Waals surface area contributed by atoms with Crippen LogP contribution >= 0.6 is 0 Å². The highest BCUT2D eigenvalue weighted by Gasteiger charge is 2.19. The number of fused-ring (bicyclic) bond motifs is 3. The summed E-state index contributed by atoms with van der Waals surface area (Å²) >= 11 is 0. The van der Waals surface area contributed by atoms with E-state index in [0.717, 1.165) is 5.56 Å². The van der Waals surface area contributed by atoms with Crippen molar-refractivity contribution in [3.05, 3.63) is 71.9 Å². The Kier molecular flexibility index (Phi) is 3.67. The van der Waals surface area contributed by atoms with Gasteiger partial charge in [0.05, 0.1) is 28.7 Å². The number of carbonyl (C=O) groups is 1. The number of aryl methyl sites for hydroxylation is 1. The Morgan fingerprint density at radius 3 is 2.66 bits per heavy atom. The summed E-state index contributed by atoms with van der Waals surface area (Å²) in [5.41, 5.74) is 3.05. The van der Waals surface area contributed by atoms with Crippen molar-refractivity contribution in [1.29, 1.82) is 0 Å². The molecule has 29 heavy (non-hydrogen) atoms. The van der Waals surface area contributed by atoms with Gasteiger partial charge >= 0.3 is 5.97 Å². The van der Waals surface area contributed by atoms with Gasteiger partial charge in [-0.05, 0) is 43.3 Å². The summed E-state index contributed by atoms with van der Waals surface area (Å²) in [4.78, 5) is 17.9. The van der Waals surface area contributed by atoms with Crippen LogP contribution in [0.4, 0.5) is 4.39 Å². The quantitative estimate of drug-likeness (QED) is 0.493. The van der Waals surface area contributed by atoms with Gasteiger partial charge in [0, 0.05) is 17.0 Å². The number of carboxylic acid groups (broad SMARTS) is 1. The maximum absolute atomic E-state index is 13.6. The number of nitrogens with zero attached hydrogens (tertiary/aromatic N) is 4. The molecular weight excluding hydrogens is 375 g/mol. The van der Waals surface area contributed by atoms with Crippen LogP contribution in [0.3, 0.4) is 0 Å². The minimum atomic E-state index is -1.10. The summed E-state index contributed by atoms with van der Waals surface area (Å²) in [7, 11) is 0. The summed E-state index contributed by atoms with van der Waals surface area (Å²) in [6.45, 7) is 1.79. The van der Waals surface area contributed by atoms with Crippen LogP contribution in [0.25, 0.3) is 38.9 Å². The molecule has 5 rings (SSSR count).